The summed E-state index contributed by atoms with van der Waals surface area (Å²) < 4.78 is 5.37. The summed E-state index contributed by atoms with van der Waals surface area (Å²) in [4.78, 5) is 11.8. The van der Waals surface area contributed by atoms with E-state index < -0.39 is 0 Å². The topological polar surface area (TPSA) is 38.3 Å². The van der Waals surface area contributed by atoms with Crippen molar-refractivity contribution in [1.82, 2.24) is 5.32 Å². The fourth-order valence-electron chi connectivity index (χ4n) is 1.28. The Morgan fingerprint density at radius 2 is 2.28 bits per heavy atom. The second-order valence-electron chi connectivity index (χ2n) is 3.46. The predicted molar refractivity (Wildman–Crippen MR) is 77.4 cm³/mol. The molecule has 1 N–H and O–H groups in total. The first kappa shape index (κ1) is 14.5. The Balaban J connectivity index is 2.56. The van der Waals surface area contributed by atoms with E-state index in [1.807, 2.05) is 18.2 Å². The van der Waals surface area contributed by atoms with Crippen molar-refractivity contribution in [3.63, 3.8) is 0 Å². The minimum atomic E-state index is -0.113. The van der Waals surface area contributed by atoms with Gasteiger partial charge in [-0.3, -0.25) is 4.79 Å². The van der Waals surface area contributed by atoms with Gasteiger partial charge in [0.2, 0.25) is 0 Å². The lowest BCUT2D eigenvalue weighted by molar-refractivity contribution is 0.0957. The molecular formula is C14H16BrNO2. The highest BCUT2D eigenvalue weighted by Crippen LogP contribution is 2.13. The minimum absolute atomic E-state index is 0.113. The van der Waals surface area contributed by atoms with Crippen molar-refractivity contribution in [2.45, 2.75) is 0 Å². The van der Waals surface area contributed by atoms with Gasteiger partial charge in [-0.05, 0) is 18.2 Å². The number of carbonyl (C=O) groups is 1. The maximum absolute atomic E-state index is 11.8. The second kappa shape index (κ2) is 8.53. The SMILES string of the molecule is C=CCOc1cccc(C(=O)NCC=CCBr)c1. The molecule has 1 rings (SSSR count). The Morgan fingerprint density at radius 1 is 1.44 bits per heavy atom. The normalized spacial score (nSPS) is 10.3. The van der Waals surface area contributed by atoms with Crippen LogP contribution in [0.1, 0.15) is 10.4 Å². The highest BCUT2D eigenvalue weighted by atomic mass is 79.9. The van der Waals surface area contributed by atoms with E-state index in [0.717, 1.165) is 5.33 Å². The van der Waals surface area contributed by atoms with Crippen LogP contribution in [0.25, 0.3) is 0 Å². The molecule has 1 aromatic carbocycles. The second-order valence-corrected chi connectivity index (χ2v) is 4.11. The molecule has 0 aliphatic carbocycles. The Kier molecular flexibility index (Phi) is 6.87. The number of amides is 1. The van der Waals surface area contributed by atoms with Gasteiger partial charge < -0.3 is 10.1 Å². The summed E-state index contributed by atoms with van der Waals surface area (Å²) in [5.74, 6) is 0.553. The van der Waals surface area contributed by atoms with Gasteiger partial charge in [0, 0.05) is 17.4 Å². The summed E-state index contributed by atoms with van der Waals surface area (Å²) in [7, 11) is 0. The van der Waals surface area contributed by atoms with E-state index >= 15 is 0 Å². The molecule has 96 valence electrons. The number of nitrogens with one attached hydrogen (secondary N) is 1. The number of allylic oxidation sites excluding steroid dienone is 1. The molecule has 1 aromatic rings. The Labute approximate surface area is 116 Å². The molecule has 0 bridgehead atoms. The van der Waals surface area contributed by atoms with Crippen molar-refractivity contribution in [3.05, 3.63) is 54.6 Å². The van der Waals surface area contributed by atoms with Gasteiger partial charge in [-0.15, -0.1) is 0 Å². The van der Waals surface area contributed by atoms with Gasteiger partial charge >= 0.3 is 0 Å². The summed E-state index contributed by atoms with van der Waals surface area (Å²) in [6.07, 6.45) is 5.49. The van der Waals surface area contributed by atoms with Gasteiger partial charge in [0.05, 0.1) is 0 Å². The monoisotopic (exact) mass is 309 g/mol. The molecule has 0 atom stereocenters. The van der Waals surface area contributed by atoms with Crippen LogP contribution >= 0.6 is 15.9 Å². The minimum Gasteiger partial charge on any atom is -0.490 e. The van der Waals surface area contributed by atoms with Crippen molar-refractivity contribution in [3.8, 4) is 5.75 Å². The van der Waals surface area contributed by atoms with Crippen LogP contribution in [0.5, 0.6) is 5.75 Å². The number of hydrogen-bond acceptors (Lipinski definition) is 2. The largest absolute Gasteiger partial charge is 0.490 e. The maximum Gasteiger partial charge on any atom is 0.251 e. The first-order valence-electron chi connectivity index (χ1n) is 5.61. The Morgan fingerprint density at radius 3 is 3.00 bits per heavy atom. The molecule has 18 heavy (non-hydrogen) atoms. The van der Waals surface area contributed by atoms with E-state index in [1.54, 1.807) is 24.3 Å². The number of hydrogen-bond donors (Lipinski definition) is 1. The molecule has 0 aliphatic rings. The lowest BCUT2D eigenvalue weighted by Crippen LogP contribution is -2.23. The Hall–Kier alpha value is -1.55. The first-order chi connectivity index (χ1) is 8.77. The number of benzene rings is 1. The van der Waals surface area contributed by atoms with Gasteiger partial charge in [-0.25, -0.2) is 0 Å². The van der Waals surface area contributed by atoms with Gasteiger partial charge in [0.1, 0.15) is 12.4 Å². The molecule has 0 fully saturated rings. The zero-order valence-electron chi connectivity index (χ0n) is 10.1. The molecule has 0 saturated carbocycles. The Bertz CT molecular complexity index is 430. The van der Waals surface area contributed by atoms with E-state index in [9.17, 15) is 4.79 Å². The summed E-state index contributed by atoms with van der Waals surface area (Å²) in [6, 6.07) is 7.07. The van der Waals surface area contributed by atoms with E-state index in [-0.39, 0.29) is 5.91 Å². The maximum atomic E-state index is 11.8. The molecule has 0 aliphatic heterocycles. The van der Waals surface area contributed by atoms with Crippen LogP contribution in [0.4, 0.5) is 0 Å². The van der Waals surface area contributed by atoms with Crippen LogP contribution in [0, 0.1) is 0 Å². The van der Waals surface area contributed by atoms with Crippen molar-refractivity contribution >= 4 is 21.8 Å². The van der Waals surface area contributed by atoms with Gasteiger partial charge in [0.25, 0.3) is 5.91 Å². The third-order valence-electron chi connectivity index (χ3n) is 2.10. The molecule has 0 heterocycles. The fourth-order valence-corrected chi connectivity index (χ4v) is 1.55. The summed E-state index contributed by atoms with van der Waals surface area (Å²) >= 11 is 3.27. The third-order valence-corrected chi connectivity index (χ3v) is 2.47. The molecule has 0 spiro atoms. The molecular weight excluding hydrogens is 294 g/mol. The number of ether oxygens (including phenoxy) is 1. The number of alkyl halides is 1. The third kappa shape index (κ3) is 5.19. The molecule has 0 unspecified atom stereocenters. The standard InChI is InChI=1S/C14H16BrNO2/c1-2-10-18-13-7-5-6-12(11-13)14(17)16-9-4-3-8-15/h2-7,11H,1,8-10H2,(H,16,17). The van der Waals surface area contributed by atoms with Gasteiger partial charge in [-0.2, -0.15) is 0 Å². The zero-order valence-corrected chi connectivity index (χ0v) is 11.7. The fraction of sp³-hybridized carbons (Fsp3) is 0.214. The van der Waals surface area contributed by atoms with E-state index in [0.29, 0.717) is 24.5 Å². The average molecular weight is 310 g/mol. The van der Waals surface area contributed by atoms with Crippen LogP contribution in [0.3, 0.4) is 0 Å². The lowest BCUT2D eigenvalue weighted by atomic mass is 10.2. The van der Waals surface area contributed by atoms with E-state index in [1.165, 1.54) is 0 Å². The number of carbonyl (C=O) groups excluding carboxylic acids is 1. The highest BCUT2D eigenvalue weighted by Gasteiger charge is 2.04. The quantitative estimate of drug-likeness (QED) is 0.621. The summed E-state index contributed by atoms with van der Waals surface area (Å²) in [5.41, 5.74) is 0.587. The van der Waals surface area contributed by atoms with Crippen LogP contribution < -0.4 is 10.1 Å². The van der Waals surface area contributed by atoms with Crippen molar-refractivity contribution in [2.24, 2.45) is 0 Å². The van der Waals surface area contributed by atoms with E-state index in [4.69, 9.17) is 4.74 Å². The molecule has 0 radical (unpaired) electrons. The average Bonchev–Trinajstić information content (AvgIpc) is 2.41. The molecule has 3 nitrogen and oxygen atoms in total. The molecule has 0 saturated heterocycles. The summed E-state index contributed by atoms with van der Waals surface area (Å²) in [6.45, 7) is 4.52. The van der Waals surface area contributed by atoms with Crippen LogP contribution in [-0.2, 0) is 0 Å². The molecule has 1 amide bonds. The smallest absolute Gasteiger partial charge is 0.251 e. The van der Waals surface area contributed by atoms with Crippen LogP contribution in [-0.4, -0.2) is 24.4 Å². The van der Waals surface area contributed by atoms with Crippen molar-refractivity contribution in [2.75, 3.05) is 18.5 Å². The van der Waals surface area contributed by atoms with Gasteiger partial charge in [0.15, 0.2) is 0 Å². The molecule has 0 aromatic heterocycles. The number of halogens is 1. The number of rotatable bonds is 7. The van der Waals surface area contributed by atoms with Crippen molar-refractivity contribution in [1.29, 1.82) is 0 Å². The van der Waals surface area contributed by atoms with Crippen LogP contribution in [0.15, 0.2) is 49.1 Å². The lowest BCUT2D eigenvalue weighted by Gasteiger charge is -2.06. The first-order valence-corrected chi connectivity index (χ1v) is 6.73. The van der Waals surface area contributed by atoms with E-state index in [2.05, 4.69) is 27.8 Å². The van der Waals surface area contributed by atoms with Gasteiger partial charge in [-0.1, -0.05) is 46.8 Å². The zero-order chi connectivity index (χ0) is 13.2. The molecule has 4 heteroatoms. The highest BCUT2D eigenvalue weighted by molar-refractivity contribution is 9.09. The van der Waals surface area contributed by atoms with Crippen LogP contribution in [0.2, 0.25) is 0 Å². The predicted octanol–water partition coefficient (Wildman–Crippen LogP) is 2.93. The van der Waals surface area contributed by atoms with Crippen molar-refractivity contribution < 1.29 is 9.53 Å². The summed E-state index contributed by atoms with van der Waals surface area (Å²) in [5, 5.41) is 3.58.